The lowest BCUT2D eigenvalue weighted by atomic mass is 9.71. The second-order valence-electron chi connectivity index (χ2n) is 12.3. The Labute approximate surface area is 257 Å². The van der Waals surface area contributed by atoms with E-state index in [1.54, 1.807) is 24.4 Å². The molecular weight excluding hydrogens is 594 g/mol. The molecule has 2 bridgehead atoms. The minimum atomic E-state index is -4.94. The van der Waals surface area contributed by atoms with E-state index in [4.69, 9.17) is 4.74 Å². The Morgan fingerprint density at radius 2 is 1.64 bits per heavy atom. The number of rotatable bonds is 8. The number of aromatic nitrogens is 1. The molecule has 0 aliphatic carbocycles. The molecule has 4 nitrogen and oxygen atoms in total. The van der Waals surface area contributed by atoms with E-state index >= 15 is 0 Å². The van der Waals surface area contributed by atoms with Crippen molar-refractivity contribution in [3.8, 4) is 5.75 Å². The first-order valence-corrected chi connectivity index (χ1v) is 14.9. The fourth-order valence-corrected chi connectivity index (χ4v) is 7.41. The van der Waals surface area contributed by atoms with Gasteiger partial charge in [0.05, 0.1) is 36.3 Å². The zero-order chi connectivity index (χ0) is 32.0. The Hall–Kier alpha value is -3.89. The molecule has 1 N–H and O–H groups in total. The highest BCUT2D eigenvalue weighted by Crippen LogP contribution is 2.50. The van der Waals surface area contributed by atoms with Gasteiger partial charge in [-0.3, -0.25) is 4.98 Å². The number of piperidine rings is 3. The summed E-state index contributed by atoms with van der Waals surface area (Å²) in [5.74, 6) is 0.336. The van der Waals surface area contributed by atoms with E-state index in [9.17, 15) is 31.4 Å². The Morgan fingerprint density at radius 3 is 2.31 bits per heavy atom. The Morgan fingerprint density at radius 1 is 0.933 bits per heavy atom. The molecule has 3 aromatic carbocycles. The summed E-state index contributed by atoms with van der Waals surface area (Å²) in [5, 5.41) is 11.1. The third-order valence-electron chi connectivity index (χ3n) is 9.51. The van der Waals surface area contributed by atoms with Crippen LogP contribution in [0, 0.1) is 11.8 Å². The van der Waals surface area contributed by atoms with Gasteiger partial charge in [0.25, 0.3) is 0 Å². The number of phenols is 1. The summed E-state index contributed by atoms with van der Waals surface area (Å²) in [7, 11) is 0. The predicted octanol–water partition coefficient (Wildman–Crippen LogP) is 8.85. The van der Waals surface area contributed by atoms with Crippen molar-refractivity contribution in [1.29, 1.82) is 0 Å². The maximum absolute atomic E-state index is 13.9. The molecule has 0 amide bonds. The standard InChI is InChI=1S/C35H32F6N2O2/c1-2-24-20-43(19-23-14-26(34(36,37)38)17-27(15-23)35(39,40)41)13-11-25(24)16-32(43)33(45-21-22-6-4-3-5-7-22)29-10-12-42-31-9-8-28(44)18-30(29)31/h2-10,12,14-15,17-18,24-25,32-33H,1,11,13,16,19-21H2/p+1/t24-,25-,32-,33+,43+/m0/s1. The van der Waals surface area contributed by atoms with Crippen LogP contribution in [-0.2, 0) is 30.2 Å². The number of fused-ring (bicyclic) bond motifs is 4. The highest BCUT2D eigenvalue weighted by Gasteiger charge is 2.55. The van der Waals surface area contributed by atoms with Gasteiger partial charge in [0, 0.05) is 35.9 Å². The molecule has 0 spiro atoms. The maximum Gasteiger partial charge on any atom is 0.416 e. The van der Waals surface area contributed by atoms with E-state index < -0.39 is 29.6 Å². The van der Waals surface area contributed by atoms with Crippen molar-refractivity contribution in [3.63, 3.8) is 0 Å². The van der Waals surface area contributed by atoms with Gasteiger partial charge in [0.1, 0.15) is 24.4 Å². The normalized spacial score (nSPS) is 24.1. The molecule has 0 unspecified atom stereocenters. The fraction of sp³-hybridized carbons (Fsp3) is 0.343. The highest BCUT2D eigenvalue weighted by atomic mass is 19.4. The van der Waals surface area contributed by atoms with Crippen molar-refractivity contribution in [2.24, 2.45) is 11.8 Å². The van der Waals surface area contributed by atoms with Crippen LogP contribution in [0.1, 0.15) is 46.8 Å². The van der Waals surface area contributed by atoms with Crippen LogP contribution in [0.4, 0.5) is 26.3 Å². The van der Waals surface area contributed by atoms with E-state index in [-0.39, 0.29) is 52.9 Å². The van der Waals surface area contributed by atoms with Crippen molar-refractivity contribution in [3.05, 3.63) is 119 Å². The zero-order valence-electron chi connectivity index (χ0n) is 24.4. The molecule has 3 aliphatic rings. The lowest BCUT2D eigenvalue weighted by molar-refractivity contribution is -0.985. The number of hydrogen-bond acceptors (Lipinski definition) is 3. The number of ether oxygens (including phenoxy) is 1. The number of quaternary nitrogens is 1. The van der Waals surface area contributed by atoms with Crippen LogP contribution in [0.2, 0.25) is 0 Å². The highest BCUT2D eigenvalue weighted by molar-refractivity contribution is 5.83. The van der Waals surface area contributed by atoms with Gasteiger partial charge in [-0.15, -0.1) is 6.58 Å². The van der Waals surface area contributed by atoms with Crippen LogP contribution in [0.3, 0.4) is 0 Å². The molecule has 7 rings (SSSR count). The number of pyridine rings is 1. The SMILES string of the molecule is C=C[C@H]1C[N@+]2(Cc3cc(C(F)(F)F)cc(C(F)(F)F)c3)CC[C@H]1C[C@H]2[C@H](OCc1ccccc1)c1ccnc2ccc(O)cc12. The summed E-state index contributed by atoms with van der Waals surface area (Å²) < 4.78 is 90.1. The van der Waals surface area contributed by atoms with Crippen molar-refractivity contribution < 1.29 is 40.7 Å². The third kappa shape index (κ3) is 6.31. The van der Waals surface area contributed by atoms with Crippen molar-refractivity contribution in [2.45, 2.75) is 50.5 Å². The monoisotopic (exact) mass is 627 g/mol. The topological polar surface area (TPSA) is 42.4 Å². The Balaban J connectivity index is 1.48. The van der Waals surface area contributed by atoms with E-state index in [0.29, 0.717) is 30.4 Å². The van der Waals surface area contributed by atoms with Crippen LogP contribution >= 0.6 is 0 Å². The first kappa shape index (κ1) is 31.1. The fourth-order valence-electron chi connectivity index (χ4n) is 7.41. The van der Waals surface area contributed by atoms with E-state index in [0.717, 1.165) is 29.7 Å². The Kier molecular flexibility index (Phi) is 8.16. The summed E-state index contributed by atoms with van der Waals surface area (Å²) in [6.07, 6.45) is -5.55. The third-order valence-corrected chi connectivity index (χ3v) is 9.51. The number of nitrogens with zero attached hydrogens (tertiary/aromatic N) is 2. The number of phenolic OH excluding ortho intramolecular Hbond substituents is 1. The van der Waals surface area contributed by atoms with E-state index in [1.165, 1.54) is 0 Å². The molecule has 4 aromatic rings. The lowest BCUT2D eigenvalue weighted by Gasteiger charge is -2.58. The molecule has 3 fully saturated rings. The molecule has 0 radical (unpaired) electrons. The second kappa shape index (κ2) is 11.8. The molecular formula is C35H33F6N2O2+. The van der Waals surface area contributed by atoms with Crippen molar-refractivity contribution in [2.75, 3.05) is 13.1 Å². The number of aromatic hydroxyl groups is 1. The average Bonchev–Trinajstić information content (AvgIpc) is 3.01. The van der Waals surface area contributed by atoms with Crippen LogP contribution < -0.4 is 0 Å². The van der Waals surface area contributed by atoms with Crippen LogP contribution in [0.15, 0.2) is 91.6 Å². The smallest absolute Gasteiger partial charge is 0.416 e. The van der Waals surface area contributed by atoms with Gasteiger partial charge in [-0.05, 0) is 59.5 Å². The number of halogens is 6. The van der Waals surface area contributed by atoms with Gasteiger partial charge >= 0.3 is 12.4 Å². The molecule has 3 aliphatic heterocycles. The predicted molar refractivity (Wildman–Crippen MR) is 158 cm³/mol. The van der Waals surface area contributed by atoms with Gasteiger partial charge in [-0.2, -0.15) is 26.3 Å². The van der Waals surface area contributed by atoms with E-state index in [2.05, 4.69) is 11.6 Å². The quantitative estimate of drug-likeness (QED) is 0.121. The first-order valence-electron chi connectivity index (χ1n) is 14.9. The van der Waals surface area contributed by atoms with Gasteiger partial charge in [-0.1, -0.05) is 36.4 Å². The molecule has 3 saturated heterocycles. The summed E-state index contributed by atoms with van der Waals surface area (Å²) in [4.78, 5) is 4.45. The van der Waals surface area contributed by atoms with E-state index in [1.807, 2.05) is 42.5 Å². The molecule has 236 valence electrons. The molecule has 10 heteroatoms. The number of hydrogen-bond donors (Lipinski definition) is 1. The maximum atomic E-state index is 13.9. The second-order valence-corrected chi connectivity index (χ2v) is 12.3. The summed E-state index contributed by atoms with van der Waals surface area (Å²) in [6.45, 7) is 5.29. The van der Waals surface area contributed by atoms with Crippen LogP contribution in [-0.4, -0.2) is 33.7 Å². The minimum Gasteiger partial charge on any atom is -0.508 e. The summed E-state index contributed by atoms with van der Waals surface area (Å²) in [6, 6.07) is 17.8. The van der Waals surface area contributed by atoms with Gasteiger partial charge in [0.2, 0.25) is 0 Å². The first-order chi connectivity index (χ1) is 21.4. The minimum absolute atomic E-state index is 0.0237. The van der Waals surface area contributed by atoms with Crippen LogP contribution in [0.5, 0.6) is 5.75 Å². The van der Waals surface area contributed by atoms with Crippen LogP contribution in [0.25, 0.3) is 10.9 Å². The molecule has 0 saturated carbocycles. The zero-order valence-corrected chi connectivity index (χ0v) is 24.4. The summed E-state index contributed by atoms with van der Waals surface area (Å²) >= 11 is 0. The molecule has 1 aromatic heterocycles. The van der Waals surface area contributed by atoms with Gasteiger partial charge in [-0.25, -0.2) is 0 Å². The van der Waals surface area contributed by atoms with Gasteiger partial charge < -0.3 is 14.3 Å². The number of alkyl halides is 6. The molecule has 4 heterocycles. The average molecular weight is 628 g/mol. The number of benzene rings is 3. The Bertz CT molecular complexity index is 1660. The lowest BCUT2D eigenvalue weighted by Crippen LogP contribution is -2.67. The van der Waals surface area contributed by atoms with Crippen molar-refractivity contribution in [1.82, 2.24) is 4.98 Å². The molecule has 45 heavy (non-hydrogen) atoms. The summed E-state index contributed by atoms with van der Waals surface area (Å²) in [5.41, 5.74) is -0.342. The van der Waals surface area contributed by atoms with Gasteiger partial charge in [0.15, 0.2) is 0 Å². The largest absolute Gasteiger partial charge is 0.508 e. The molecule has 5 atom stereocenters. The van der Waals surface area contributed by atoms with Crippen molar-refractivity contribution >= 4 is 10.9 Å².